The molecule has 0 bridgehead atoms. The summed E-state index contributed by atoms with van der Waals surface area (Å²) in [4.78, 5) is 17.0. The van der Waals surface area contributed by atoms with Gasteiger partial charge in [-0.05, 0) is 30.4 Å². The molecule has 8 nitrogen and oxygen atoms in total. The van der Waals surface area contributed by atoms with Crippen LogP contribution >= 0.6 is 11.3 Å². The van der Waals surface area contributed by atoms with E-state index in [2.05, 4.69) is 52.5 Å². The Balaban J connectivity index is 1.71. The standard InChI is InChI=1S/C23H27N7OS/c1-3-18-19(14-31-2)27-22(28-21(18)29-23-26-13-17(12-25)32-23)30-10-4-5-20(30)16-8-6-15(11-24)7-9-16/h6-9,13,20H,3-5,10-11,14,24H2,1-2H3,(H,26,27,28,29). The Kier molecular flexibility index (Phi) is 6.95. The van der Waals surface area contributed by atoms with Gasteiger partial charge in [0.2, 0.25) is 5.95 Å². The summed E-state index contributed by atoms with van der Waals surface area (Å²) in [5, 5.41) is 13.1. The molecule has 1 aliphatic rings. The summed E-state index contributed by atoms with van der Waals surface area (Å²) >= 11 is 1.31. The number of thiazole rings is 1. The van der Waals surface area contributed by atoms with Crippen LogP contribution in [0.1, 0.15) is 53.1 Å². The highest BCUT2D eigenvalue weighted by atomic mass is 32.1. The van der Waals surface area contributed by atoms with Gasteiger partial charge in [-0.3, -0.25) is 0 Å². The smallest absolute Gasteiger partial charge is 0.228 e. The first-order valence-electron chi connectivity index (χ1n) is 10.7. The van der Waals surface area contributed by atoms with E-state index in [0.717, 1.165) is 42.6 Å². The zero-order valence-corrected chi connectivity index (χ0v) is 19.2. The van der Waals surface area contributed by atoms with Gasteiger partial charge in [-0.1, -0.05) is 42.5 Å². The predicted molar refractivity (Wildman–Crippen MR) is 126 cm³/mol. The van der Waals surface area contributed by atoms with Crippen LogP contribution in [-0.2, 0) is 24.3 Å². The van der Waals surface area contributed by atoms with E-state index in [9.17, 15) is 0 Å². The molecule has 1 fully saturated rings. The number of benzene rings is 1. The van der Waals surface area contributed by atoms with E-state index >= 15 is 0 Å². The van der Waals surface area contributed by atoms with Crippen LogP contribution in [0.5, 0.6) is 0 Å². The summed E-state index contributed by atoms with van der Waals surface area (Å²) in [7, 11) is 1.67. The number of aromatic nitrogens is 3. The topological polar surface area (TPSA) is 113 Å². The normalized spacial score (nSPS) is 15.7. The summed E-state index contributed by atoms with van der Waals surface area (Å²) in [6.45, 7) is 3.90. The third-order valence-electron chi connectivity index (χ3n) is 5.67. The average molecular weight is 450 g/mol. The number of hydrogen-bond donors (Lipinski definition) is 2. The Labute approximate surface area is 192 Å². The largest absolute Gasteiger partial charge is 0.378 e. The van der Waals surface area contributed by atoms with Crippen molar-refractivity contribution < 1.29 is 4.74 Å². The number of ether oxygens (including phenoxy) is 1. The van der Waals surface area contributed by atoms with Crippen LogP contribution in [0.15, 0.2) is 30.5 Å². The van der Waals surface area contributed by atoms with E-state index in [1.807, 2.05) is 0 Å². The number of rotatable bonds is 8. The van der Waals surface area contributed by atoms with Gasteiger partial charge in [0.05, 0.1) is 24.5 Å². The number of nitrogens with one attached hydrogen (secondary N) is 1. The molecule has 166 valence electrons. The number of nitrogens with zero attached hydrogens (tertiary/aromatic N) is 5. The third-order valence-corrected chi connectivity index (χ3v) is 6.48. The van der Waals surface area contributed by atoms with E-state index in [0.29, 0.717) is 34.9 Å². The summed E-state index contributed by atoms with van der Waals surface area (Å²) in [5.74, 6) is 1.40. The first-order chi connectivity index (χ1) is 15.7. The van der Waals surface area contributed by atoms with Gasteiger partial charge in [-0.25, -0.2) is 9.97 Å². The van der Waals surface area contributed by atoms with Gasteiger partial charge < -0.3 is 20.7 Å². The Morgan fingerprint density at radius 1 is 1.31 bits per heavy atom. The van der Waals surface area contributed by atoms with Crippen molar-refractivity contribution >= 4 is 28.2 Å². The fourth-order valence-corrected chi connectivity index (χ4v) is 4.70. The Bertz CT molecular complexity index is 1110. The van der Waals surface area contributed by atoms with Gasteiger partial charge in [0.15, 0.2) is 5.13 Å². The monoisotopic (exact) mass is 449 g/mol. The second-order valence-electron chi connectivity index (χ2n) is 7.65. The van der Waals surface area contributed by atoms with Gasteiger partial charge in [0.1, 0.15) is 16.8 Å². The molecule has 0 amide bonds. The number of methoxy groups -OCH3 is 1. The molecule has 9 heteroatoms. The van der Waals surface area contributed by atoms with Crippen molar-refractivity contribution in [1.82, 2.24) is 15.0 Å². The molecule has 1 aromatic carbocycles. The van der Waals surface area contributed by atoms with Crippen LogP contribution in [0.3, 0.4) is 0 Å². The minimum Gasteiger partial charge on any atom is -0.378 e. The molecule has 3 heterocycles. The lowest BCUT2D eigenvalue weighted by atomic mass is 10.0. The molecule has 2 aromatic heterocycles. The summed E-state index contributed by atoms with van der Waals surface area (Å²) in [5.41, 5.74) is 9.98. The van der Waals surface area contributed by atoms with E-state index in [1.165, 1.54) is 16.9 Å². The van der Waals surface area contributed by atoms with Gasteiger partial charge in [0, 0.05) is 25.8 Å². The average Bonchev–Trinajstić information content (AvgIpc) is 3.49. The lowest BCUT2D eigenvalue weighted by molar-refractivity contribution is 0.180. The fraction of sp³-hybridized carbons (Fsp3) is 0.391. The van der Waals surface area contributed by atoms with Crippen LogP contribution in [0.25, 0.3) is 0 Å². The quantitative estimate of drug-likeness (QED) is 0.529. The molecule has 4 rings (SSSR count). The van der Waals surface area contributed by atoms with E-state index in [4.69, 9.17) is 25.7 Å². The Morgan fingerprint density at radius 3 is 2.78 bits per heavy atom. The molecule has 0 saturated carbocycles. The molecular formula is C23H27N7OS. The van der Waals surface area contributed by atoms with E-state index < -0.39 is 0 Å². The van der Waals surface area contributed by atoms with Gasteiger partial charge >= 0.3 is 0 Å². The number of hydrogen-bond acceptors (Lipinski definition) is 9. The molecule has 1 saturated heterocycles. The molecule has 3 N–H and O–H groups in total. The zero-order valence-electron chi connectivity index (χ0n) is 18.3. The SMILES string of the molecule is CCc1c(COC)nc(N2CCCC2c2ccc(CN)cc2)nc1Nc1ncc(C#N)s1. The first kappa shape index (κ1) is 22.1. The van der Waals surface area contributed by atoms with Gasteiger partial charge in [0.25, 0.3) is 0 Å². The molecule has 3 aromatic rings. The molecular weight excluding hydrogens is 422 g/mol. The zero-order chi connectivity index (χ0) is 22.5. The fourth-order valence-electron chi connectivity index (χ4n) is 4.09. The molecule has 1 atom stereocenters. The van der Waals surface area contributed by atoms with Gasteiger partial charge in [-0.15, -0.1) is 0 Å². The van der Waals surface area contributed by atoms with Crippen LogP contribution in [0.2, 0.25) is 0 Å². The Hall–Kier alpha value is -3.06. The second-order valence-corrected chi connectivity index (χ2v) is 8.68. The van der Waals surface area contributed by atoms with Crippen LogP contribution in [0.4, 0.5) is 16.9 Å². The van der Waals surface area contributed by atoms with Crippen LogP contribution < -0.4 is 16.0 Å². The summed E-state index contributed by atoms with van der Waals surface area (Å²) in [6.07, 6.45) is 4.43. The van der Waals surface area contributed by atoms with E-state index in [-0.39, 0.29) is 6.04 Å². The lowest BCUT2D eigenvalue weighted by Gasteiger charge is -2.27. The van der Waals surface area contributed by atoms with Crippen molar-refractivity contribution in [3.8, 4) is 6.07 Å². The number of anilines is 3. The maximum Gasteiger partial charge on any atom is 0.228 e. The maximum absolute atomic E-state index is 9.13. The molecule has 32 heavy (non-hydrogen) atoms. The van der Waals surface area contributed by atoms with Gasteiger partial charge in [-0.2, -0.15) is 10.2 Å². The molecule has 1 aliphatic heterocycles. The van der Waals surface area contributed by atoms with Crippen LogP contribution in [0, 0.1) is 11.3 Å². The minimum atomic E-state index is 0.211. The number of nitrogens with two attached hydrogens (primary N) is 1. The number of nitriles is 1. The summed E-state index contributed by atoms with van der Waals surface area (Å²) in [6, 6.07) is 10.8. The van der Waals surface area contributed by atoms with E-state index in [1.54, 1.807) is 13.3 Å². The highest BCUT2D eigenvalue weighted by Gasteiger charge is 2.29. The minimum absolute atomic E-state index is 0.211. The predicted octanol–water partition coefficient (Wildman–Crippen LogP) is 4.06. The van der Waals surface area contributed by atoms with Crippen molar-refractivity contribution in [2.45, 2.75) is 45.4 Å². The van der Waals surface area contributed by atoms with Crippen LogP contribution in [-0.4, -0.2) is 28.6 Å². The third kappa shape index (κ3) is 4.58. The first-order valence-corrected chi connectivity index (χ1v) is 11.6. The van der Waals surface area contributed by atoms with Crippen molar-refractivity contribution in [2.24, 2.45) is 5.73 Å². The van der Waals surface area contributed by atoms with Crippen molar-refractivity contribution in [3.63, 3.8) is 0 Å². The highest BCUT2D eigenvalue weighted by Crippen LogP contribution is 2.36. The molecule has 1 unspecified atom stereocenters. The maximum atomic E-state index is 9.13. The van der Waals surface area contributed by atoms with Crippen molar-refractivity contribution in [2.75, 3.05) is 23.9 Å². The second kappa shape index (κ2) is 10.0. The molecule has 0 aliphatic carbocycles. The highest BCUT2D eigenvalue weighted by molar-refractivity contribution is 7.16. The Morgan fingerprint density at radius 2 is 2.12 bits per heavy atom. The van der Waals surface area contributed by atoms with Crippen molar-refractivity contribution in [3.05, 3.63) is 57.7 Å². The lowest BCUT2D eigenvalue weighted by Crippen LogP contribution is -2.26. The van der Waals surface area contributed by atoms with Crippen molar-refractivity contribution in [1.29, 1.82) is 5.26 Å². The molecule has 0 radical (unpaired) electrons. The summed E-state index contributed by atoms with van der Waals surface area (Å²) < 4.78 is 5.45. The molecule has 0 spiro atoms.